The molecule has 4 nitrogen and oxygen atoms in total. The van der Waals surface area contributed by atoms with Crippen LogP contribution in [0.5, 0.6) is 0 Å². The van der Waals surface area contributed by atoms with E-state index in [0.717, 1.165) is 5.69 Å². The predicted octanol–water partition coefficient (Wildman–Crippen LogP) is 2.65. The van der Waals surface area contributed by atoms with E-state index in [1.807, 2.05) is 7.05 Å². The van der Waals surface area contributed by atoms with Crippen molar-refractivity contribution in [3.05, 3.63) is 34.8 Å². The van der Waals surface area contributed by atoms with Gasteiger partial charge in [-0.05, 0) is 22.0 Å². The standard InChI is InChI=1S/C10H10BrFN4/c1-16-5-6(4-14-16)15-10-2-7(11)8(12)3-9(10)13/h2-5,15H,13H2,1H3. The fraction of sp³-hybridized carbons (Fsp3) is 0.100. The van der Waals surface area contributed by atoms with Crippen LogP contribution in [0.3, 0.4) is 0 Å². The molecule has 0 saturated carbocycles. The number of rotatable bonds is 2. The van der Waals surface area contributed by atoms with Crippen LogP contribution in [-0.4, -0.2) is 9.78 Å². The zero-order chi connectivity index (χ0) is 11.7. The van der Waals surface area contributed by atoms with Crippen molar-refractivity contribution in [2.75, 3.05) is 11.1 Å². The van der Waals surface area contributed by atoms with E-state index < -0.39 is 0 Å². The van der Waals surface area contributed by atoms with E-state index in [2.05, 4.69) is 26.3 Å². The molecule has 0 unspecified atom stereocenters. The highest BCUT2D eigenvalue weighted by atomic mass is 79.9. The number of halogens is 2. The van der Waals surface area contributed by atoms with Crippen molar-refractivity contribution >= 4 is 33.0 Å². The van der Waals surface area contributed by atoms with Crippen LogP contribution in [0.2, 0.25) is 0 Å². The van der Waals surface area contributed by atoms with E-state index in [0.29, 0.717) is 15.8 Å². The van der Waals surface area contributed by atoms with Crippen LogP contribution in [0.1, 0.15) is 0 Å². The Morgan fingerprint density at radius 3 is 2.88 bits per heavy atom. The quantitative estimate of drug-likeness (QED) is 0.834. The summed E-state index contributed by atoms with van der Waals surface area (Å²) in [6, 6.07) is 2.86. The van der Waals surface area contributed by atoms with Crippen LogP contribution in [0.15, 0.2) is 29.0 Å². The van der Waals surface area contributed by atoms with E-state index in [4.69, 9.17) is 5.73 Å². The van der Waals surface area contributed by atoms with Crippen molar-refractivity contribution in [3.8, 4) is 0 Å². The molecular weight excluding hydrogens is 275 g/mol. The Hall–Kier alpha value is -1.56. The largest absolute Gasteiger partial charge is 0.397 e. The molecule has 0 amide bonds. The molecule has 16 heavy (non-hydrogen) atoms. The average molecular weight is 285 g/mol. The van der Waals surface area contributed by atoms with Gasteiger partial charge < -0.3 is 11.1 Å². The minimum absolute atomic E-state index is 0.351. The first-order valence-electron chi connectivity index (χ1n) is 4.56. The van der Waals surface area contributed by atoms with E-state index in [1.54, 1.807) is 23.1 Å². The Kier molecular flexibility index (Phi) is 2.82. The molecule has 0 fully saturated rings. The minimum atomic E-state index is -0.380. The van der Waals surface area contributed by atoms with Gasteiger partial charge in [-0.25, -0.2) is 4.39 Å². The van der Waals surface area contributed by atoms with Gasteiger partial charge in [0.15, 0.2) is 0 Å². The lowest BCUT2D eigenvalue weighted by atomic mass is 10.2. The molecular formula is C10H10BrFN4. The summed E-state index contributed by atoms with van der Waals surface area (Å²) in [6.07, 6.45) is 3.47. The molecule has 0 bridgehead atoms. The van der Waals surface area contributed by atoms with Crippen LogP contribution < -0.4 is 11.1 Å². The van der Waals surface area contributed by atoms with Crippen molar-refractivity contribution in [1.82, 2.24) is 9.78 Å². The summed E-state index contributed by atoms with van der Waals surface area (Å²) < 4.78 is 15.2. The molecule has 84 valence electrons. The van der Waals surface area contributed by atoms with E-state index in [-0.39, 0.29) is 5.82 Å². The normalized spacial score (nSPS) is 10.4. The fourth-order valence-corrected chi connectivity index (χ4v) is 1.66. The maximum absolute atomic E-state index is 13.1. The molecule has 0 radical (unpaired) electrons. The van der Waals surface area contributed by atoms with Crippen LogP contribution in [0, 0.1) is 5.82 Å². The molecule has 0 saturated heterocycles. The van der Waals surface area contributed by atoms with Gasteiger partial charge in [-0.15, -0.1) is 0 Å². The van der Waals surface area contributed by atoms with Crippen molar-refractivity contribution in [3.63, 3.8) is 0 Å². The molecule has 0 atom stereocenters. The summed E-state index contributed by atoms with van der Waals surface area (Å²) in [5.74, 6) is -0.380. The second-order valence-electron chi connectivity index (χ2n) is 3.38. The van der Waals surface area contributed by atoms with Gasteiger partial charge in [0.05, 0.1) is 27.7 Å². The maximum Gasteiger partial charge on any atom is 0.139 e. The van der Waals surface area contributed by atoms with Gasteiger partial charge in [-0.3, -0.25) is 4.68 Å². The molecule has 1 heterocycles. The lowest BCUT2D eigenvalue weighted by Crippen LogP contribution is -1.97. The summed E-state index contributed by atoms with van der Waals surface area (Å²) in [4.78, 5) is 0. The molecule has 0 spiro atoms. The number of nitrogens with zero attached hydrogens (tertiary/aromatic N) is 2. The van der Waals surface area contributed by atoms with Crippen LogP contribution in [0.4, 0.5) is 21.5 Å². The third-order valence-corrected chi connectivity index (χ3v) is 2.68. The molecule has 6 heteroatoms. The van der Waals surface area contributed by atoms with Crippen molar-refractivity contribution in [2.45, 2.75) is 0 Å². The van der Waals surface area contributed by atoms with Gasteiger partial charge in [0, 0.05) is 19.3 Å². The number of aryl methyl sites for hydroxylation is 1. The second kappa shape index (κ2) is 4.13. The summed E-state index contributed by atoms with van der Waals surface area (Å²) in [5, 5.41) is 7.07. The summed E-state index contributed by atoms with van der Waals surface area (Å²) in [7, 11) is 1.81. The van der Waals surface area contributed by atoms with Crippen molar-refractivity contribution in [2.24, 2.45) is 7.05 Å². The first kappa shape index (κ1) is 10.9. The van der Waals surface area contributed by atoms with E-state index >= 15 is 0 Å². The number of benzene rings is 1. The summed E-state index contributed by atoms with van der Waals surface area (Å²) in [6.45, 7) is 0. The smallest absolute Gasteiger partial charge is 0.139 e. The maximum atomic E-state index is 13.1. The number of anilines is 3. The lowest BCUT2D eigenvalue weighted by Gasteiger charge is -2.08. The van der Waals surface area contributed by atoms with Crippen molar-refractivity contribution in [1.29, 1.82) is 0 Å². The molecule has 0 aliphatic heterocycles. The number of aromatic nitrogens is 2. The Morgan fingerprint density at radius 1 is 1.50 bits per heavy atom. The van der Waals surface area contributed by atoms with E-state index in [1.165, 1.54) is 6.07 Å². The van der Waals surface area contributed by atoms with E-state index in [9.17, 15) is 4.39 Å². The topological polar surface area (TPSA) is 55.9 Å². The minimum Gasteiger partial charge on any atom is -0.397 e. The second-order valence-corrected chi connectivity index (χ2v) is 4.24. The van der Waals surface area contributed by atoms with Gasteiger partial charge >= 0.3 is 0 Å². The van der Waals surface area contributed by atoms with Gasteiger partial charge in [-0.2, -0.15) is 5.10 Å². The molecule has 1 aromatic carbocycles. The van der Waals surface area contributed by atoms with Crippen LogP contribution in [0.25, 0.3) is 0 Å². The highest BCUT2D eigenvalue weighted by Crippen LogP contribution is 2.28. The number of nitrogen functional groups attached to an aromatic ring is 1. The molecule has 0 aliphatic rings. The van der Waals surface area contributed by atoms with Gasteiger partial charge in [0.2, 0.25) is 0 Å². The Labute approximate surface area is 100 Å². The SMILES string of the molecule is Cn1cc(Nc2cc(Br)c(F)cc2N)cn1. The predicted molar refractivity (Wildman–Crippen MR) is 65.0 cm³/mol. The zero-order valence-electron chi connectivity index (χ0n) is 8.54. The Morgan fingerprint density at radius 2 is 2.25 bits per heavy atom. The van der Waals surface area contributed by atoms with Gasteiger partial charge in [-0.1, -0.05) is 0 Å². The molecule has 0 aliphatic carbocycles. The summed E-state index contributed by atoms with van der Waals surface area (Å²) >= 11 is 3.11. The highest BCUT2D eigenvalue weighted by Gasteiger charge is 2.06. The average Bonchev–Trinajstić information content (AvgIpc) is 2.60. The third kappa shape index (κ3) is 2.16. The monoisotopic (exact) mass is 284 g/mol. The Bertz CT molecular complexity index is 524. The number of hydrogen-bond acceptors (Lipinski definition) is 3. The molecule has 1 aromatic heterocycles. The van der Waals surface area contributed by atoms with Crippen LogP contribution >= 0.6 is 15.9 Å². The van der Waals surface area contributed by atoms with Gasteiger partial charge in [0.25, 0.3) is 0 Å². The summed E-state index contributed by atoms with van der Waals surface area (Å²) in [5.41, 5.74) is 7.48. The van der Waals surface area contributed by atoms with Gasteiger partial charge in [0.1, 0.15) is 5.82 Å². The van der Waals surface area contributed by atoms with Crippen LogP contribution in [-0.2, 0) is 7.05 Å². The molecule has 3 N–H and O–H groups in total. The first-order chi connectivity index (χ1) is 7.56. The zero-order valence-corrected chi connectivity index (χ0v) is 10.1. The molecule has 2 rings (SSSR count). The fourth-order valence-electron chi connectivity index (χ4n) is 1.31. The lowest BCUT2D eigenvalue weighted by molar-refractivity contribution is 0.622. The molecule has 2 aromatic rings. The van der Waals surface area contributed by atoms with Crippen molar-refractivity contribution < 1.29 is 4.39 Å². The number of hydrogen-bond donors (Lipinski definition) is 2. The third-order valence-electron chi connectivity index (χ3n) is 2.08. The Balaban J connectivity index is 2.31. The first-order valence-corrected chi connectivity index (χ1v) is 5.36. The number of nitrogens with one attached hydrogen (secondary N) is 1. The highest BCUT2D eigenvalue weighted by molar-refractivity contribution is 9.10. The number of nitrogens with two attached hydrogens (primary N) is 1.